The van der Waals surface area contributed by atoms with E-state index in [9.17, 15) is 22.2 Å². The van der Waals surface area contributed by atoms with Crippen molar-refractivity contribution in [3.8, 4) is 5.75 Å². The molecule has 2 rings (SSSR count). The number of anilines is 1. The van der Waals surface area contributed by atoms with Crippen molar-refractivity contribution in [3.05, 3.63) is 53.6 Å². The van der Waals surface area contributed by atoms with Gasteiger partial charge < -0.3 is 9.83 Å². The summed E-state index contributed by atoms with van der Waals surface area (Å²) in [6.45, 7) is 7.14. The number of aryl methyl sites for hydroxylation is 1. The number of aromatic hydroxyl groups is 1. The van der Waals surface area contributed by atoms with E-state index in [1.54, 1.807) is 25.1 Å². The molecular formula is C18H17F4NOS2. The number of phenolic OH excluding ortho intramolecular Hbond substituents is 1. The minimum atomic E-state index is -4.36. The van der Waals surface area contributed by atoms with E-state index in [-0.39, 0.29) is 34.7 Å². The van der Waals surface area contributed by atoms with Crippen molar-refractivity contribution in [1.29, 1.82) is 0 Å². The number of hydrogen-bond donors (Lipinski definition) is 2. The van der Waals surface area contributed by atoms with Crippen LogP contribution in [0, 0.1) is 6.92 Å². The zero-order valence-corrected chi connectivity index (χ0v) is 15.7. The molecule has 0 aromatic heterocycles. The van der Waals surface area contributed by atoms with Crippen LogP contribution in [0.15, 0.2) is 46.7 Å². The number of hydrogen-bond acceptors (Lipinski definition) is 4. The topological polar surface area (TPSA) is 32.3 Å². The van der Waals surface area contributed by atoms with Gasteiger partial charge in [-0.2, -0.15) is 17.1 Å². The first-order valence-corrected chi connectivity index (χ1v) is 9.04. The maximum absolute atomic E-state index is 12.7. The Bertz CT molecular complexity index is 822. The van der Waals surface area contributed by atoms with Crippen LogP contribution in [0.3, 0.4) is 0 Å². The number of benzene rings is 2. The van der Waals surface area contributed by atoms with Gasteiger partial charge in [0.2, 0.25) is 0 Å². The summed E-state index contributed by atoms with van der Waals surface area (Å²) in [6.07, 6.45) is -5.48. The SMILES string of the molecule is C=C(C)c1cc(CC(F)(F)F)cc(NSc2cc(SF)ccc2C)c1O. The average Bonchev–Trinajstić information content (AvgIpc) is 2.54. The molecule has 26 heavy (non-hydrogen) atoms. The Morgan fingerprint density at radius 2 is 1.92 bits per heavy atom. The second-order valence-electron chi connectivity index (χ2n) is 5.82. The van der Waals surface area contributed by atoms with Gasteiger partial charge >= 0.3 is 6.18 Å². The largest absolute Gasteiger partial charge is 0.505 e. The molecule has 0 amide bonds. The van der Waals surface area contributed by atoms with Gasteiger partial charge in [-0.15, -0.1) is 0 Å². The van der Waals surface area contributed by atoms with Crippen molar-refractivity contribution in [1.82, 2.24) is 0 Å². The second-order valence-corrected chi connectivity index (χ2v) is 7.29. The number of rotatable bonds is 6. The van der Waals surface area contributed by atoms with E-state index in [2.05, 4.69) is 11.3 Å². The van der Waals surface area contributed by atoms with Crippen LogP contribution >= 0.6 is 24.1 Å². The number of alkyl halides is 3. The number of halogens is 4. The predicted octanol–water partition coefficient (Wildman–Crippen LogP) is 6.93. The molecule has 0 heterocycles. The number of phenols is 1. The highest BCUT2D eigenvalue weighted by molar-refractivity contribution is 8.00. The van der Waals surface area contributed by atoms with Crippen LogP contribution in [-0.2, 0) is 6.42 Å². The van der Waals surface area contributed by atoms with E-state index in [1.807, 2.05) is 6.92 Å². The molecule has 2 aromatic rings. The summed E-state index contributed by atoms with van der Waals surface area (Å²) in [5.74, 6) is -0.176. The number of nitrogens with one attached hydrogen (secondary N) is 1. The lowest BCUT2D eigenvalue weighted by Crippen LogP contribution is -2.12. The zero-order chi connectivity index (χ0) is 19.5. The lowest BCUT2D eigenvalue weighted by Gasteiger charge is -2.16. The molecule has 0 radical (unpaired) electrons. The molecule has 0 aliphatic heterocycles. The maximum Gasteiger partial charge on any atom is 0.393 e. The molecule has 0 atom stereocenters. The fourth-order valence-corrected chi connectivity index (χ4v) is 3.43. The van der Waals surface area contributed by atoms with Crippen molar-refractivity contribution in [2.45, 2.75) is 36.2 Å². The molecule has 0 aliphatic rings. The fraction of sp³-hybridized carbons (Fsp3) is 0.222. The maximum atomic E-state index is 12.7. The van der Waals surface area contributed by atoms with Crippen LogP contribution in [0.5, 0.6) is 5.75 Å². The third kappa shape index (κ3) is 5.35. The van der Waals surface area contributed by atoms with E-state index in [4.69, 9.17) is 0 Å². The Kier molecular flexibility index (Phi) is 6.52. The van der Waals surface area contributed by atoms with Crippen LogP contribution < -0.4 is 4.72 Å². The Morgan fingerprint density at radius 1 is 1.23 bits per heavy atom. The van der Waals surface area contributed by atoms with E-state index in [1.165, 1.54) is 12.1 Å². The van der Waals surface area contributed by atoms with Crippen molar-refractivity contribution in [2.24, 2.45) is 0 Å². The third-order valence-corrected chi connectivity index (χ3v) is 4.97. The molecule has 140 valence electrons. The van der Waals surface area contributed by atoms with Gasteiger partial charge in [-0.1, -0.05) is 12.6 Å². The van der Waals surface area contributed by atoms with Crippen molar-refractivity contribution >= 4 is 35.4 Å². The first kappa shape index (κ1) is 20.5. The lowest BCUT2D eigenvalue weighted by molar-refractivity contribution is -0.127. The fourth-order valence-electron chi connectivity index (χ4n) is 2.28. The van der Waals surface area contributed by atoms with Crippen molar-refractivity contribution in [3.63, 3.8) is 0 Å². The monoisotopic (exact) mass is 403 g/mol. The highest BCUT2D eigenvalue weighted by Gasteiger charge is 2.28. The summed E-state index contributed by atoms with van der Waals surface area (Å²) >= 11 is 1.19. The van der Waals surface area contributed by atoms with Crippen LogP contribution in [-0.4, -0.2) is 11.3 Å². The van der Waals surface area contributed by atoms with Gasteiger partial charge in [-0.25, -0.2) is 0 Å². The van der Waals surface area contributed by atoms with Crippen LogP contribution in [0.4, 0.5) is 22.7 Å². The Balaban J connectivity index is 2.34. The molecule has 2 N–H and O–H groups in total. The van der Waals surface area contributed by atoms with Gasteiger partial charge in [0.15, 0.2) is 0 Å². The van der Waals surface area contributed by atoms with E-state index in [0.717, 1.165) is 17.5 Å². The molecule has 0 saturated heterocycles. The van der Waals surface area contributed by atoms with Crippen LogP contribution in [0.2, 0.25) is 0 Å². The highest BCUT2D eigenvalue weighted by Crippen LogP contribution is 2.38. The summed E-state index contributed by atoms with van der Waals surface area (Å²) in [5.41, 5.74) is 1.73. The highest BCUT2D eigenvalue weighted by atomic mass is 32.2. The van der Waals surface area contributed by atoms with Crippen LogP contribution in [0.25, 0.3) is 5.57 Å². The van der Waals surface area contributed by atoms with Crippen molar-refractivity contribution in [2.75, 3.05) is 4.72 Å². The molecule has 0 unspecified atom stereocenters. The Labute approximate surface area is 158 Å². The Hall–Kier alpha value is -1.80. The molecule has 0 aliphatic carbocycles. The lowest BCUT2D eigenvalue weighted by atomic mass is 10.0. The molecular weight excluding hydrogens is 386 g/mol. The molecule has 8 heteroatoms. The van der Waals surface area contributed by atoms with Gasteiger partial charge in [0, 0.05) is 15.4 Å². The summed E-state index contributed by atoms with van der Waals surface area (Å²) in [7, 11) is 0. The molecule has 0 spiro atoms. The zero-order valence-electron chi connectivity index (χ0n) is 14.1. The first-order valence-electron chi connectivity index (χ1n) is 7.51. The van der Waals surface area contributed by atoms with Gasteiger partial charge in [0.25, 0.3) is 0 Å². The summed E-state index contributed by atoms with van der Waals surface area (Å²) < 4.78 is 53.9. The van der Waals surface area contributed by atoms with Crippen molar-refractivity contribution < 1.29 is 22.2 Å². The molecule has 2 nitrogen and oxygen atoms in total. The summed E-state index contributed by atoms with van der Waals surface area (Å²) in [6, 6.07) is 7.53. The average molecular weight is 403 g/mol. The second kappa shape index (κ2) is 8.26. The van der Waals surface area contributed by atoms with E-state index in [0.29, 0.717) is 15.4 Å². The van der Waals surface area contributed by atoms with Gasteiger partial charge in [-0.05, 0) is 66.8 Å². The normalized spacial score (nSPS) is 11.5. The third-order valence-electron chi connectivity index (χ3n) is 3.55. The molecule has 2 aromatic carbocycles. The smallest absolute Gasteiger partial charge is 0.393 e. The quantitative estimate of drug-likeness (QED) is 0.311. The first-order chi connectivity index (χ1) is 12.1. The molecule has 0 fully saturated rings. The summed E-state index contributed by atoms with van der Waals surface area (Å²) in [4.78, 5) is 1.11. The van der Waals surface area contributed by atoms with Gasteiger partial charge in [0.1, 0.15) is 5.75 Å². The molecule has 0 saturated carbocycles. The predicted molar refractivity (Wildman–Crippen MR) is 100 cm³/mol. The van der Waals surface area contributed by atoms with Crippen LogP contribution in [0.1, 0.15) is 23.6 Å². The summed E-state index contributed by atoms with van der Waals surface area (Å²) in [5, 5.41) is 10.3. The Morgan fingerprint density at radius 3 is 2.50 bits per heavy atom. The van der Waals surface area contributed by atoms with E-state index >= 15 is 0 Å². The van der Waals surface area contributed by atoms with Gasteiger partial charge in [0.05, 0.1) is 24.3 Å². The minimum Gasteiger partial charge on any atom is -0.505 e. The standard InChI is InChI=1S/C18H17F4NOS2/c1-10(2)14-6-12(9-18(19,20)21)7-15(17(14)24)23-26-16-8-13(25-22)5-4-11(16)3/h4-8,23-24H,1,9H2,2-3H3. The minimum absolute atomic E-state index is 0.0150. The van der Waals surface area contributed by atoms with E-state index < -0.39 is 12.6 Å². The van der Waals surface area contributed by atoms with Gasteiger partial charge in [-0.3, -0.25) is 0 Å². The number of allylic oxidation sites excluding steroid dienone is 1. The molecule has 0 bridgehead atoms.